The van der Waals surface area contributed by atoms with E-state index in [1.165, 1.54) is 58.2 Å². The molecule has 3 heteroatoms. The molecule has 100 valence electrons. The SMILES string of the molecule is CN(CCC1CCCCN1C)CC1CC(Cl)C1. The van der Waals surface area contributed by atoms with Gasteiger partial charge in [0.05, 0.1) is 0 Å². The van der Waals surface area contributed by atoms with E-state index in [2.05, 4.69) is 23.9 Å². The predicted molar refractivity (Wildman–Crippen MR) is 74.7 cm³/mol. The lowest BCUT2D eigenvalue weighted by Crippen LogP contribution is -2.40. The van der Waals surface area contributed by atoms with Crippen LogP contribution in [0.25, 0.3) is 0 Å². The third-order valence-electron chi connectivity index (χ3n) is 4.51. The molecule has 0 amide bonds. The molecule has 0 aromatic rings. The van der Waals surface area contributed by atoms with E-state index in [1.54, 1.807) is 0 Å². The average Bonchev–Trinajstić information content (AvgIpc) is 2.26. The number of hydrogen-bond donors (Lipinski definition) is 0. The Balaban J connectivity index is 1.60. The molecular formula is C14H27ClN2. The van der Waals surface area contributed by atoms with Crippen LogP contribution in [0.2, 0.25) is 0 Å². The fourth-order valence-electron chi connectivity index (χ4n) is 3.21. The van der Waals surface area contributed by atoms with Crippen LogP contribution in [0.4, 0.5) is 0 Å². The number of alkyl halides is 1. The highest BCUT2D eigenvalue weighted by atomic mass is 35.5. The van der Waals surface area contributed by atoms with E-state index >= 15 is 0 Å². The van der Waals surface area contributed by atoms with E-state index in [0.717, 1.165) is 12.0 Å². The van der Waals surface area contributed by atoms with Gasteiger partial charge in [-0.25, -0.2) is 0 Å². The summed E-state index contributed by atoms with van der Waals surface area (Å²) in [7, 11) is 4.55. The van der Waals surface area contributed by atoms with Crippen molar-refractivity contribution in [3.63, 3.8) is 0 Å². The smallest absolute Gasteiger partial charge is 0.0342 e. The minimum absolute atomic E-state index is 0.470. The summed E-state index contributed by atoms with van der Waals surface area (Å²) in [6, 6.07) is 0.827. The van der Waals surface area contributed by atoms with Crippen molar-refractivity contribution in [3.8, 4) is 0 Å². The Morgan fingerprint density at radius 1 is 1.29 bits per heavy atom. The highest BCUT2D eigenvalue weighted by Crippen LogP contribution is 2.32. The van der Waals surface area contributed by atoms with Crippen LogP contribution in [0, 0.1) is 5.92 Å². The van der Waals surface area contributed by atoms with Gasteiger partial charge in [0, 0.05) is 18.0 Å². The minimum atomic E-state index is 0.470. The number of piperidine rings is 1. The fraction of sp³-hybridized carbons (Fsp3) is 1.00. The summed E-state index contributed by atoms with van der Waals surface area (Å²) in [6.45, 7) is 3.79. The van der Waals surface area contributed by atoms with E-state index in [0.29, 0.717) is 5.38 Å². The zero-order valence-electron chi connectivity index (χ0n) is 11.4. The molecule has 1 atom stereocenters. The van der Waals surface area contributed by atoms with Crippen LogP contribution in [-0.2, 0) is 0 Å². The quantitative estimate of drug-likeness (QED) is 0.700. The topological polar surface area (TPSA) is 6.48 Å². The maximum absolute atomic E-state index is 6.02. The molecule has 2 fully saturated rings. The van der Waals surface area contributed by atoms with Crippen molar-refractivity contribution in [3.05, 3.63) is 0 Å². The fourth-order valence-corrected chi connectivity index (χ4v) is 3.72. The summed E-state index contributed by atoms with van der Waals surface area (Å²) in [5.74, 6) is 0.867. The first-order valence-electron chi connectivity index (χ1n) is 7.18. The van der Waals surface area contributed by atoms with Gasteiger partial charge < -0.3 is 9.80 Å². The Bertz CT molecular complexity index is 228. The second-order valence-corrected chi connectivity index (χ2v) is 6.73. The molecule has 1 heterocycles. The largest absolute Gasteiger partial charge is 0.306 e. The molecule has 0 spiro atoms. The molecule has 1 unspecified atom stereocenters. The molecule has 17 heavy (non-hydrogen) atoms. The van der Waals surface area contributed by atoms with Crippen LogP contribution in [-0.4, -0.2) is 54.9 Å². The number of hydrogen-bond acceptors (Lipinski definition) is 2. The first-order chi connectivity index (χ1) is 8.15. The van der Waals surface area contributed by atoms with Crippen LogP contribution in [0.3, 0.4) is 0 Å². The molecule has 1 aliphatic heterocycles. The monoisotopic (exact) mass is 258 g/mol. The molecule has 1 saturated heterocycles. The molecule has 0 radical (unpaired) electrons. The van der Waals surface area contributed by atoms with Gasteiger partial charge in [-0.05, 0) is 65.2 Å². The molecular weight excluding hydrogens is 232 g/mol. The average molecular weight is 259 g/mol. The van der Waals surface area contributed by atoms with Crippen LogP contribution in [0.5, 0.6) is 0 Å². The van der Waals surface area contributed by atoms with Crippen molar-refractivity contribution in [2.24, 2.45) is 5.92 Å². The molecule has 0 aromatic heterocycles. The van der Waals surface area contributed by atoms with Gasteiger partial charge in [-0.2, -0.15) is 0 Å². The second-order valence-electron chi connectivity index (χ2n) is 6.12. The van der Waals surface area contributed by atoms with Crippen molar-refractivity contribution in [1.82, 2.24) is 9.80 Å². The maximum atomic E-state index is 6.02. The van der Waals surface area contributed by atoms with Crippen LogP contribution in [0.1, 0.15) is 38.5 Å². The molecule has 0 N–H and O–H groups in total. The van der Waals surface area contributed by atoms with Crippen LogP contribution in [0.15, 0.2) is 0 Å². The molecule has 2 rings (SSSR count). The van der Waals surface area contributed by atoms with Gasteiger partial charge in [-0.1, -0.05) is 6.42 Å². The lowest BCUT2D eigenvalue weighted by molar-refractivity contribution is 0.147. The molecule has 2 aliphatic rings. The number of likely N-dealkylation sites (tertiary alicyclic amines) is 1. The zero-order valence-corrected chi connectivity index (χ0v) is 12.1. The van der Waals surface area contributed by atoms with E-state index in [-0.39, 0.29) is 0 Å². The Labute approximate surface area is 111 Å². The van der Waals surface area contributed by atoms with E-state index in [4.69, 9.17) is 11.6 Å². The summed E-state index contributed by atoms with van der Waals surface area (Å²) in [5, 5.41) is 0.470. The van der Waals surface area contributed by atoms with E-state index in [1.807, 2.05) is 0 Å². The van der Waals surface area contributed by atoms with Crippen molar-refractivity contribution in [2.45, 2.75) is 49.9 Å². The van der Waals surface area contributed by atoms with Gasteiger partial charge in [-0.15, -0.1) is 11.6 Å². The van der Waals surface area contributed by atoms with Gasteiger partial charge in [0.1, 0.15) is 0 Å². The Hall–Kier alpha value is 0.210. The Morgan fingerprint density at radius 2 is 2.06 bits per heavy atom. The van der Waals surface area contributed by atoms with Crippen LogP contribution < -0.4 is 0 Å². The molecule has 0 bridgehead atoms. The minimum Gasteiger partial charge on any atom is -0.306 e. The lowest BCUT2D eigenvalue weighted by Gasteiger charge is -2.36. The molecule has 1 saturated carbocycles. The van der Waals surface area contributed by atoms with E-state index < -0.39 is 0 Å². The second kappa shape index (κ2) is 6.40. The van der Waals surface area contributed by atoms with E-state index in [9.17, 15) is 0 Å². The number of halogens is 1. The Morgan fingerprint density at radius 3 is 2.71 bits per heavy atom. The summed E-state index contributed by atoms with van der Waals surface area (Å²) in [6.07, 6.45) is 8.02. The maximum Gasteiger partial charge on any atom is 0.0342 e. The number of rotatable bonds is 5. The van der Waals surface area contributed by atoms with Gasteiger partial charge in [0.2, 0.25) is 0 Å². The Kier molecular flexibility index (Phi) is 5.13. The summed E-state index contributed by atoms with van der Waals surface area (Å²) < 4.78 is 0. The van der Waals surface area contributed by atoms with Crippen molar-refractivity contribution in [1.29, 1.82) is 0 Å². The summed E-state index contributed by atoms with van der Waals surface area (Å²) in [5.41, 5.74) is 0. The van der Waals surface area contributed by atoms with Crippen molar-refractivity contribution >= 4 is 11.6 Å². The van der Waals surface area contributed by atoms with Crippen molar-refractivity contribution in [2.75, 3.05) is 33.7 Å². The third kappa shape index (κ3) is 4.11. The highest BCUT2D eigenvalue weighted by molar-refractivity contribution is 6.21. The predicted octanol–water partition coefficient (Wildman–Crippen LogP) is 2.81. The van der Waals surface area contributed by atoms with Crippen LogP contribution >= 0.6 is 11.6 Å². The summed E-state index contributed by atoms with van der Waals surface area (Å²) >= 11 is 6.02. The molecule has 0 aromatic carbocycles. The standard InChI is InChI=1S/C14H27ClN2/c1-16(11-12-9-13(15)10-12)8-6-14-5-3-4-7-17(14)2/h12-14H,3-11H2,1-2H3. The first-order valence-corrected chi connectivity index (χ1v) is 7.61. The summed E-state index contributed by atoms with van der Waals surface area (Å²) in [4.78, 5) is 5.06. The highest BCUT2D eigenvalue weighted by Gasteiger charge is 2.28. The molecule has 1 aliphatic carbocycles. The third-order valence-corrected chi connectivity index (χ3v) is 4.87. The van der Waals surface area contributed by atoms with Gasteiger partial charge in [0.25, 0.3) is 0 Å². The molecule has 2 nitrogen and oxygen atoms in total. The van der Waals surface area contributed by atoms with Crippen molar-refractivity contribution < 1.29 is 0 Å². The zero-order chi connectivity index (χ0) is 12.3. The normalized spacial score (nSPS) is 34.9. The lowest BCUT2D eigenvalue weighted by atomic mass is 9.84. The first kappa shape index (κ1) is 13.6. The van der Waals surface area contributed by atoms with Gasteiger partial charge in [0.15, 0.2) is 0 Å². The van der Waals surface area contributed by atoms with Gasteiger partial charge >= 0.3 is 0 Å². The number of nitrogens with zero attached hydrogens (tertiary/aromatic N) is 2. The van der Waals surface area contributed by atoms with Gasteiger partial charge in [-0.3, -0.25) is 0 Å².